The number of nitrogens with one attached hydrogen (secondary N) is 2. The molecule has 0 aliphatic heterocycles. The second kappa shape index (κ2) is 5.01. The van der Waals surface area contributed by atoms with Gasteiger partial charge in [0, 0.05) is 24.2 Å². The Morgan fingerprint density at radius 1 is 1.32 bits per heavy atom. The van der Waals surface area contributed by atoms with Gasteiger partial charge in [0.2, 0.25) is 0 Å². The van der Waals surface area contributed by atoms with Gasteiger partial charge in [-0.3, -0.25) is 9.89 Å². The maximum atomic E-state index is 13.3. The van der Waals surface area contributed by atoms with Crippen molar-refractivity contribution in [2.45, 2.75) is 6.54 Å². The van der Waals surface area contributed by atoms with Crippen molar-refractivity contribution in [3.05, 3.63) is 46.9 Å². The normalized spacial score (nSPS) is 10.5. The molecule has 4 N–H and O–H groups in total. The van der Waals surface area contributed by atoms with E-state index in [-0.39, 0.29) is 12.4 Å². The highest BCUT2D eigenvalue weighted by Gasteiger charge is 2.19. The minimum absolute atomic E-state index is 0.0581. The van der Waals surface area contributed by atoms with E-state index in [1.807, 2.05) is 0 Å². The molecule has 0 unspecified atom stereocenters. The number of benzene rings is 1. The number of rotatable bonds is 3. The van der Waals surface area contributed by atoms with Crippen molar-refractivity contribution in [2.75, 3.05) is 5.73 Å². The number of nitrogen functional groups attached to an aromatic ring is 1. The highest BCUT2D eigenvalue weighted by molar-refractivity contribution is 5.94. The first-order chi connectivity index (χ1) is 8.99. The van der Waals surface area contributed by atoms with Crippen LogP contribution in [0.2, 0.25) is 0 Å². The molecule has 100 valence electrons. The van der Waals surface area contributed by atoms with E-state index in [0.29, 0.717) is 17.7 Å². The number of nitrogens with two attached hydrogens (primary N) is 1. The zero-order valence-corrected chi connectivity index (χ0v) is 9.51. The van der Waals surface area contributed by atoms with E-state index in [9.17, 15) is 18.0 Å². The summed E-state index contributed by atoms with van der Waals surface area (Å²) >= 11 is 0. The van der Waals surface area contributed by atoms with Gasteiger partial charge in [0.25, 0.3) is 5.91 Å². The molecule has 1 aromatic heterocycles. The Kier molecular flexibility index (Phi) is 3.41. The molecule has 19 heavy (non-hydrogen) atoms. The van der Waals surface area contributed by atoms with Crippen LogP contribution in [0.1, 0.15) is 15.9 Å². The Bertz CT molecular complexity index is 603. The smallest absolute Gasteiger partial charge is 0.257 e. The maximum Gasteiger partial charge on any atom is 0.257 e. The molecule has 0 saturated heterocycles. The van der Waals surface area contributed by atoms with E-state index in [4.69, 9.17) is 5.73 Å². The van der Waals surface area contributed by atoms with Gasteiger partial charge in [0.15, 0.2) is 0 Å². The Hall–Kier alpha value is -2.51. The van der Waals surface area contributed by atoms with E-state index >= 15 is 0 Å². The van der Waals surface area contributed by atoms with Crippen molar-refractivity contribution >= 4 is 11.7 Å². The lowest BCUT2D eigenvalue weighted by molar-refractivity contribution is 0.0942. The molecule has 0 bridgehead atoms. The molecular weight excluding hydrogens is 261 g/mol. The van der Waals surface area contributed by atoms with Gasteiger partial charge >= 0.3 is 0 Å². The third kappa shape index (κ3) is 2.67. The summed E-state index contributed by atoms with van der Waals surface area (Å²) in [7, 11) is 0. The molecule has 0 radical (unpaired) electrons. The van der Waals surface area contributed by atoms with Crippen LogP contribution in [0.3, 0.4) is 0 Å². The van der Waals surface area contributed by atoms with Crippen molar-refractivity contribution in [3.8, 4) is 0 Å². The van der Waals surface area contributed by atoms with E-state index < -0.39 is 28.9 Å². The van der Waals surface area contributed by atoms with Crippen molar-refractivity contribution in [1.82, 2.24) is 15.5 Å². The lowest BCUT2D eigenvalue weighted by Gasteiger charge is -2.06. The second-order valence-electron chi connectivity index (χ2n) is 3.74. The molecule has 1 aromatic carbocycles. The van der Waals surface area contributed by atoms with Gasteiger partial charge in [-0.05, 0) is 0 Å². The minimum atomic E-state index is -1.27. The van der Waals surface area contributed by atoms with Crippen molar-refractivity contribution in [3.63, 3.8) is 0 Å². The number of aromatic nitrogens is 2. The molecule has 1 amide bonds. The van der Waals surface area contributed by atoms with Crippen molar-refractivity contribution in [2.24, 2.45) is 0 Å². The number of carbonyl (C=O) groups excluding carboxylic acids is 1. The summed E-state index contributed by atoms with van der Waals surface area (Å²) in [6.07, 6.45) is 1.37. The predicted octanol–water partition coefficient (Wildman–Crippen LogP) is 1.34. The molecule has 2 aromatic rings. The molecule has 1 heterocycles. The van der Waals surface area contributed by atoms with Gasteiger partial charge in [0.1, 0.15) is 28.8 Å². The van der Waals surface area contributed by atoms with E-state index in [2.05, 4.69) is 15.5 Å². The monoisotopic (exact) mass is 270 g/mol. The minimum Gasteiger partial charge on any atom is -0.384 e. The third-order valence-corrected chi connectivity index (χ3v) is 2.42. The van der Waals surface area contributed by atoms with E-state index in [0.717, 1.165) is 0 Å². The summed E-state index contributed by atoms with van der Waals surface area (Å²) in [5.74, 6) is -4.40. The highest BCUT2D eigenvalue weighted by Crippen LogP contribution is 2.15. The van der Waals surface area contributed by atoms with Crippen molar-refractivity contribution in [1.29, 1.82) is 0 Å². The Morgan fingerprint density at radius 2 is 1.95 bits per heavy atom. The first kappa shape index (κ1) is 12.9. The molecular formula is C11H9F3N4O. The summed E-state index contributed by atoms with van der Waals surface area (Å²) < 4.78 is 39.3. The largest absolute Gasteiger partial charge is 0.384 e. The summed E-state index contributed by atoms with van der Waals surface area (Å²) in [4.78, 5) is 11.6. The standard InChI is InChI=1S/C11H9F3N4O/c12-6-1-7(13)9(8(14)2-6)11(19)16-3-5-4-17-18-10(5)15/h1-2,4H,3H2,(H,16,19)(H3,15,17,18). The van der Waals surface area contributed by atoms with Gasteiger partial charge in [-0.15, -0.1) is 0 Å². The Labute approximate surface area is 105 Å². The summed E-state index contributed by atoms with van der Waals surface area (Å²) in [5, 5.41) is 8.32. The zero-order valence-electron chi connectivity index (χ0n) is 9.51. The van der Waals surface area contributed by atoms with E-state index in [1.165, 1.54) is 6.20 Å². The fourth-order valence-electron chi connectivity index (χ4n) is 1.48. The number of H-pyrrole nitrogens is 1. The molecule has 0 aliphatic carbocycles. The van der Waals surface area contributed by atoms with Crippen LogP contribution in [0.5, 0.6) is 0 Å². The molecule has 0 saturated carbocycles. The zero-order chi connectivity index (χ0) is 14.0. The van der Waals surface area contributed by atoms with Crippen LogP contribution in [-0.4, -0.2) is 16.1 Å². The van der Waals surface area contributed by atoms with Gasteiger partial charge in [-0.1, -0.05) is 0 Å². The van der Waals surface area contributed by atoms with Gasteiger partial charge in [-0.2, -0.15) is 5.10 Å². The summed E-state index contributed by atoms with van der Waals surface area (Å²) in [5.41, 5.74) is 5.10. The lowest BCUT2D eigenvalue weighted by Crippen LogP contribution is -2.25. The number of hydrogen-bond donors (Lipinski definition) is 3. The van der Waals surface area contributed by atoms with Crippen LogP contribution in [0.15, 0.2) is 18.3 Å². The molecule has 0 aliphatic rings. The molecule has 5 nitrogen and oxygen atoms in total. The number of nitrogens with zero attached hydrogens (tertiary/aromatic N) is 1. The fraction of sp³-hybridized carbons (Fsp3) is 0.0909. The summed E-state index contributed by atoms with van der Waals surface area (Å²) in [6, 6.07) is 0.869. The van der Waals surface area contributed by atoms with Crippen LogP contribution in [-0.2, 0) is 6.54 Å². The highest BCUT2D eigenvalue weighted by atomic mass is 19.1. The maximum absolute atomic E-state index is 13.3. The van der Waals surface area contributed by atoms with Crippen LogP contribution in [0.25, 0.3) is 0 Å². The van der Waals surface area contributed by atoms with E-state index in [1.54, 1.807) is 0 Å². The van der Waals surface area contributed by atoms with Crippen LogP contribution >= 0.6 is 0 Å². The second-order valence-corrected chi connectivity index (χ2v) is 3.74. The number of aromatic amines is 1. The topological polar surface area (TPSA) is 83.8 Å². The number of amides is 1. The SMILES string of the molecule is Nc1[nH]ncc1CNC(=O)c1c(F)cc(F)cc1F. The number of hydrogen-bond acceptors (Lipinski definition) is 3. The third-order valence-electron chi connectivity index (χ3n) is 2.42. The van der Waals surface area contributed by atoms with Crippen LogP contribution < -0.4 is 11.1 Å². The number of anilines is 1. The van der Waals surface area contributed by atoms with Crippen LogP contribution in [0, 0.1) is 17.5 Å². The first-order valence-electron chi connectivity index (χ1n) is 5.19. The molecule has 0 atom stereocenters. The summed E-state index contributed by atoms with van der Waals surface area (Å²) in [6.45, 7) is -0.0581. The van der Waals surface area contributed by atoms with Gasteiger partial charge in [-0.25, -0.2) is 13.2 Å². The average molecular weight is 270 g/mol. The Morgan fingerprint density at radius 3 is 2.47 bits per heavy atom. The molecule has 0 spiro atoms. The Balaban J connectivity index is 2.15. The first-order valence-corrected chi connectivity index (χ1v) is 5.19. The number of halogens is 3. The average Bonchev–Trinajstić information content (AvgIpc) is 2.70. The quantitative estimate of drug-likeness (QED) is 0.787. The molecule has 0 fully saturated rings. The molecule has 8 heteroatoms. The fourth-order valence-corrected chi connectivity index (χ4v) is 1.48. The molecule has 2 rings (SSSR count). The predicted molar refractivity (Wildman–Crippen MR) is 60.5 cm³/mol. The van der Waals surface area contributed by atoms with Gasteiger partial charge in [0.05, 0.1) is 6.20 Å². The lowest BCUT2D eigenvalue weighted by atomic mass is 10.1. The van der Waals surface area contributed by atoms with Gasteiger partial charge < -0.3 is 11.1 Å². The number of carbonyl (C=O) groups is 1. The van der Waals surface area contributed by atoms with Crippen molar-refractivity contribution < 1.29 is 18.0 Å². The van der Waals surface area contributed by atoms with Crippen LogP contribution in [0.4, 0.5) is 19.0 Å².